The number of imidazole rings is 1. The number of aryl methyl sites for hydroxylation is 1. The lowest BCUT2D eigenvalue weighted by Crippen LogP contribution is -2.32. The van der Waals surface area contributed by atoms with Crippen LogP contribution in [0.5, 0.6) is 0 Å². The van der Waals surface area contributed by atoms with E-state index in [4.69, 9.17) is 0 Å². The number of aromatic nitrogens is 2. The molecule has 2 heteroatoms. The summed E-state index contributed by atoms with van der Waals surface area (Å²) in [6.45, 7) is 4.61. The number of rotatable bonds is 28. The summed E-state index contributed by atoms with van der Waals surface area (Å²) in [4.78, 5) is 3.56. The Labute approximate surface area is 227 Å². The van der Waals surface area contributed by atoms with E-state index < -0.39 is 0 Å². The number of hydrogen-bond donors (Lipinski definition) is 1. The van der Waals surface area contributed by atoms with Crippen LogP contribution in [0.15, 0.2) is 12.4 Å². The molecule has 2 nitrogen and oxygen atoms in total. The average molecular weight is 504 g/mol. The van der Waals surface area contributed by atoms with Gasteiger partial charge in [-0.15, -0.1) is 0 Å². The monoisotopic (exact) mass is 504 g/mol. The molecule has 0 saturated carbocycles. The van der Waals surface area contributed by atoms with E-state index in [9.17, 15) is 0 Å². The molecule has 1 atom stereocenters. The Morgan fingerprint density at radius 3 is 1.08 bits per heavy atom. The van der Waals surface area contributed by atoms with Gasteiger partial charge in [-0.25, -0.2) is 9.55 Å². The Morgan fingerprint density at radius 2 is 0.806 bits per heavy atom. The van der Waals surface area contributed by atoms with E-state index in [0.717, 1.165) is 5.92 Å². The van der Waals surface area contributed by atoms with Gasteiger partial charge in [0, 0.05) is 0 Å². The van der Waals surface area contributed by atoms with Gasteiger partial charge >= 0.3 is 0 Å². The van der Waals surface area contributed by atoms with Crippen molar-refractivity contribution in [2.75, 3.05) is 0 Å². The molecular weight excluding hydrogens is 436 g/mol. The van der Waals surface area contributed by atoms with Crippen molar-refractivity contribution >= 4 is 0 Å². The van der Waals surface area contributed by atoms with Crippen LogP contribution in [0.2, 0.25) is 0 Å². The van der Waals surface area contributed by atoms with Crippen LogP contribution in [0.3, 0.4) is 0 Å². The van der Waals surface area contributed by atoms with Crippen LogP contribution in [0.1, 0.15) is 199 Å². The standard InChI is InChI=1S/C34H66N2/c1-4-6-8-10-12-14-16-17-18-19-20-22-24-26-28-30-33(34-35-31-32-36(34)3)29-27-25-23-21-15-13-11-9-7-5-2/h31-33H,4-30H2,1-3H3/p+1/t33-/m0/s1. The van der Waals surface area contributed by atoms with Crippen LogP contribution in [0, 0.1) is 0 Å². The molecule has 0 unspecified atom stereocenters. The average Bonchev–Trinajstić information content (AvgIpc) is 3.31. The zero-order chi connectivity index (χ0) is 25.9. The van der Waals surface area contributed by atoms with Gasteiger partial charge < -0.3 is 0 Å². The van der Waals surface area contributed by atoms with Crippen molar-refractivity contribution in [2.24, 2.45) is 7.05 Å². The van der Waals surface area contributed by atoms with Crippen LogP contribution in [-0.4, -0.2) is 4.98 Å². The molecule has 0 bridgehead atoms. The van der Waals surface area contributed by atoms with Gasteiger partial charge in [-0.1, -0.05) is 174 Å². The molecule has 0 saturated heterocycles. The summed E-state index contributed by atoms with van der Waals surface area (Å²) < 4.78 is 2.33. The van der Waals surface area contributed by atoms with Crippen LogP contribution in [0.25, 0.3) is 0 Å². The fraction of sp³-hybridized carbons (Fsp3) is 0.912. The summed E-state index contributed by atoms with van der Waals surface area (Å²) in [5.74, 6) is 2.18. The highest BCUT2D eigenvalue weighted by molar-refractivity contribution is 4.89. The Bertz CT molecular complexity index is 549. The SMILES string of the molecule is CCCCCCCCCCCCCCCCC[C@H](CCCCCCCCCCCC)c1[nH]cc[n+]1C. The summed E-state index contributed by atoms with van der Waals surface area (Å²) in [5, 5.41) is 0. The van der Waals surface area contributed by atoms with Gasteiger partial charge in [0.2, 0.25) is 0 Å². The zero-order valence-electron chi connectivity index (χ0n) is 25.3. The molecule has 1 aromatic heterocycles. The largest absolute Gasteiger partial charge is 0.257 e. The molecule has 0 fully saturated rings. The van der Waals surface area contributed by atoms with Crippen molar-refractivity contribution in [2.45, 2.75) is 193 Å². The second-order valence-electron chi connectivity index (χ2n) is 11.9. The van der Waals surface area contributed by atoms with Gasteiger partial charge in [-0.3, -0.25) is 0 Å². The molecule has 0 radical (unpaired) electrons. The minimum atomic E-state index is 0.723. The maximum Gasteiger partial charge on any atom is 0.257 e. The van der Waals surface area contributed by atoms with Crippen LogP contribution < -0.4 is 4.57 Å². The highest BCUT2D eigenvalue weighted by atomic mass is 15.0. The van der Waals surface area contributed by atoms with Crippen LogP contribution in [-0.2, 0) is 7.05 Å². The predicted octanol–water partition coefficient (Wildman–Crippen LogP) is 11.5. The van der Waals surface area contributed by atoms with Crippen molar-refractivity contribution in [1.29, 1.82) is 0 Å². The van der Waals surface area contributed by atoms with Gasteiger partial charge in [0.15, 0.2) is 0 Å². The lowest BCUT2D eigenvalue weighted by Gasteiger charge is -2.13. The number of nitrogens with one attached hydrogen (secondary N) is 1. The van der Waals surface area contributed by atoms with E-state index in [1.165, 1.54) is 179 Å². The topological polar surface area (TPSA) is 19.7 Å². The van der Waals surface area contributed by atoms with Crippen molar-refractivity contribution < 1.29 is 4.57 Å². The molecule has 0 aliphatic heterocycles. The summed E-state index contributed by atoms with van der Waals surface area (Å²) in [6.07, 6.45) is 43.1. The van der Waals surface area contributed by atoms with Gasteiger partial charge in [-0.2, -0.15) is 0 Å². The number of H-pyrrole nitrogens is 1. The minimum Gasteiger partial charge on any atom is -0.247 e. The highest BCUT2D eigenvalue weighted by Gasteiger charge is 2.20. The van der Waals surface area contributed by atoms with E-state index in [1.54, 1.807) is 0 Å². The molecule has 0 aliphatic rings. The number of hydrogen-bond acceptors (Lipinski definition) is 0. The molecule has 0 spiro atoms. The van der Waals surface area contributed by atoms with Crippen molar-refractivity contribution in [1.82, 2.24) is 4.98 Å². The van der Waals surface area contributed by atoms with E-state index in [-0.39, 0.29) is 0 Å². The maximum absolute atomic E-state index is 3.56. The normalized spacial score (nSPS) is 12.4. The first kappa shape index (κ1) is 33.2. The Kier molecular flexibility index (Phi) is 23.9. The smallest absolute Gasteiger partial charge is 0.247 e. The molecule has 1 aromatic rings. The molecule has 1 N–H and O–H groups in total. The zero-order valence-corrected chi connectivity index (χ0v) is 25.3. The summed E-state index contributed by atoms with van der Waals surface area (Å²) in [5.41, 5.74) is 0. The molecule has 212 valence electrons. The summed E-state index contributed by atoms with van der Waals surface area (Å²) in [7, 11) is 2.21. The summed E-state index contributed by atoms with van der Waals surface area (Å²) >= 11 is 0. The molecule has 0 amide bonds. The third-order valence-corrected chi connectivity index (χ3v) is 8.36. The quantitative estimate of drug-likeness (QED) is 0.0866. The lowest BCUT2D eigenvalue weighted by molar-refractivity contribution is -0.679. The first-order valence-electron chi connectivity index (χ1n) is 16.8. The van der Waals surface area contributed by atoms with Gasteiger partial charge in [0.1, 0.15) is 12.4 Å². The molecule has 1 heterocycles. The Balaban J connectivity index is 2.01. The van der Waals surface area contributed by atoms with Crippen molar-refractivity contribution in [3.63, 3.8) is 0 Å². The Hall–Kier alpha value is -0.790. The minimum absolute atomic E-state index is 0.723. The molecule has 1 rings (SSSR count). The highest BCUT2D eigenvalue weighted by Crippen LogP contribution is 2.26. The van der Waals surface area contributed by atoms with Gasteiger partial charge in [-0.05, 0) is 12.8 Å². The first-order valence-corrected chi connectivity index (χ1v) is 16.8. The van der Waals surface area contributed by atoms with Crippen LogP contribution >= 0.6 is 0 Å². The number of nitrogens with zero attached hydrogens (tertiary/aromatic N) is 1. The summed E-state index contributed by atoms with van der Waals surface area (Å²) in [6, 6.07) is 0. The second kappa shape index (κ2) is 25.8. The third kappa shape index (κ3) is 19.3. The lowest BCUT2D eigenvalue weighted by atomic mass is 9.93. The number of unbranched alkanes of at least 4 members (excludes halogenated alkanes) is 23. The molecule has 36 heavy (non-hydrogen) atoms. The first-order chi connectivity index (χ1) is 17.8. The van der Waals surface area contributed by atoms with Gasteiger partial charge in [0.25, 0.3) is 5.82 Å². The second-order valence-corrected chi connectivity index (χ2v) is 11.9. The number of aromatic amines is 1. The van der Waals surface area contributed by atoms with E-state index in [2.05, 4.69) is 42.8 Å². The fourth-order valence-electron chi connectivity index (χ4n) is 5.88. The van der Waals surface area contributed by atoms with Crippen molar-refractivity contribution in [3.05, 3.63) is 18.2 Å². The van der Waals surface area contributed by atoms with E-state index in [0.29, 0.717) is 0 Å². The molecule has 0 aromatic carbocycles. The fourth-order valence-corrected chi connectivity index (χ4v) is 5.88. The van der Waals surface area contributed by atoms with Crippen molar-refractivity contribution in [3.8, 4) is 0 Å². The Morgan fingerprint density at radius 1 is 0.500 bits per heavy atom. The third-order valence-electron chi connectivity index (χ3n) is 8.36. The van der Waals surface area contributed by atoms with E-state index in [1.807, 2.05) is 0 Å². The van der Waals surface area contributed by atoms with Crippen LogP contribution in [0.4, 0.5) is 0 Å². The van der Waals surface area contributed by atoms with E-state index >= 15 is 0 Å². The predicted molar refractivity (Wildman–Crippen MR) is 161 cm³/mol. The molecular formula is C34H67N2+. The molecule has 0 aliphatic carbocycles. The maximum atomic E-state index is 3.56. The van der Waals surface area contributed by atoms with Gasteiger partial charge in [0.05, 0.1) is 13.0 Å².